The van der Waals surface area contributed by atoms with Crippen LogP contribution < -0.4 is 10.2 Å². The fraction of sp³-hybridized carbons (Fsp3) is 0.600. The monoisotopic (exact) mass is 473 g/mol. The Bertz CT molecular complexity index is 928. The number of imide groups is 1. The van der Waals surface area contributed by atoms with Crippen molar-refractivity contribution in [2.24, 2.45) is 0 Å². The Morgan fingerprint density at radius 2 is 1.81 bits per heavy atom. The summed E-state index contributed by atoms with van der Waals surface area (Å²) in [6, 6.07) is 0.397. The summed E-state index contributed by atoms with van der Waals surface area (Å²) in [6.07, 6.45) is -0.718. The van der Waals surface area contributed by atoms with Crippen LogP contribution in [0.4, 0.5) is 23.8 Å². The van der Waals surface area contributed by atoms with Gasteiger partial charge in [0.1, 0.15) is 11.4 Å². The molecular formula is C20H23ClF3N5O3. The van der Waals surface area contributed by atoms with Gasteiger partial charge in [0.15, 0.2) is 0 Å². The van der Waals surface area contributed by atoms with E-state index in [0.29, 0.717) is 39.0 Å². The summed E-state index contributed by atoms with van der Waals surface area (Å²) in [6.45, 7) is 1.41. The first-order valence-corrected chi connectivity index (χ1v) is 10.9. The van der Waals surface area contributed by atoms with Gasteiger partial charge in [-0.25, -0.2) is 9.78 Å². The quantitative estimate of drug-likeness (QED) is 0.679. The van der Waals surface area contributed by atoms with Crippen LogP contribution in [0.25, 0.3) is 0 Å². The lowest BCUT2D eigenvalue weighted by Gasteiger charge is -2.36. The number of carbonyl (C=O) groups excluding carboxylic acids is 3. The van der Waals surface area contributed by atoms with Gasteiger partial charge in [-0.15, -0.1) is 0 Å². The number of aromatic nitrogens is 1. The standard InChI is InChI=1S/C20H23ClF3N5O3/c21-14-11-13(20(22,23)24)12-25-16(14)28-9-7-27(8-10-28)15(30)3-6-29-17(31)19(26-18(29)32)4-1-2-5-19/h11-12H,1-10H2,(H,26,32). The number of urea groups is 1. The summed E-state index contributed by atoms with van der Waals surface area (Å²) in [7, 11) is 0. The van der Waals surface area contributed by atoms with Crippen LogP contribution in [0.5, 0.6) is 0 Å². The van der Waals surface area contributed by atoms with Crippen LogP contribution in [-0.2, 0) is 15.8 Å². The molecule has 1 saturated carbocycles. The Morgan fingerprint density at radius 3 is 2.41 bits per heavy atom. The number of nitrogens with zero attached hydrogens (tertiary/aromatic N) is 4. The highest BCUT2D eigenvalue weighted by Crippen LogP contribution is 2.35. The van der Waals surface area contributed by atoms with Crippen molar-refractivity contribution in [1.29, 1.82) is 0 Å². The number of halogens is 4. The van der Waals surface area contributed by atoms with Gasteiger partial charge in [-0.2, -0.15) is 13.2 Å². The van der Waals surface area contributed by atoms with E-state index in [1.807, 2.05) is 0 Å². The molecule has 174 valence electrons. The predicted octanol–water partition coefficient (Wildman–Crippen LogP) is 2.66. The zero-order valence-corrected chi connectivity index (χ0v) is 18.0. The molecule has 3 fully saturated rings. The maximum absolute atomic E-state index is 12.8. The van der Waals surface area contributed by atoms with Gasteiger partial charge in [0.25, 0.3) is 5.91 Å². The van der Waals surface area contributed by atoms with Crippen molar-refractivity contribution in [3.63, 3.8) is 0 Å². The van der Waals surface area contributed by atoms with E-state index in [4.69, 9.17) is 11.6 Å². The molecule has 3 aliphatic rings. The lowest BCUT2D eigenvalue weighted by molar-refractivity contribution is -0.138. The van der Waals surface area contributed by atoms with Crippen LogP contribution in [0.1, 0.15) is 37.7 Å². The number of carbonyl (C=O) groups is 3. The van der Waals surface area contributed by atoms with Crippen molar-refractivity contribution >= 4 is 35.3 Å². The third kappa shape index (κ3) is 4.22. The number of hydrogen-bond donors (Lipinski definition) is 1. The van der Waals surface area contributed by atoms with Crippen LogP contribution in [0.15, 0.2) is 12.3 Å². The minimum absolute atomic E-state index is 0.0223. The van der Waals surface area contributed by atoms with Crippen molar-refractivity contribution in [1.82, 2.24) is 20.1 Å². The van der Waals surface area contributed by atoms with Crippen molar-refractivity contribution in [2.45, 2.75) is 43.8 Å². The van der Waals surface area contributed by atoms with E-state index in [1.54, 1.807) is 9.80 Å². The lowest BCUT2D eigenvalue weighted by Crippen LogP contribution is -2.50. The molecule has 0 unspecified atom stereocenters. The third-order valence-electron chi connectivity index (χ3n) is 6.33. The molecule has 1 aromatic rings. The summed E-state index contributed by atoms with van der Waals surface area (Å²) < 4.78 is 38.4. The van der Waals surface area contributed by atoms with Crippen LogP contribution in [0.2, 0.25) is 5.02 Å². The van der Waals surface area contributed by atoms with Gasteiger partial charge in [0.05, 0.1) is 10.6 Å². The number of nitrogens with one attached hydrogen (secondary N) is 1. The second-order valence-electron chi connectivity index (χ2n) is 8.32. The van der Waals surface area contributed by atoms with Crippen molar-refractivity contribution < 1.29 is 27.6 Å². The molecule has 0 aromatic carbocycles. The highest BCUT2D eigenvalue weighted by molar-refractivity contribution is 6.33. The average Bonchev–Trinajstić information content (AvgIpc) is 3.31. The summed E-state index contributed by atoms with van der Waals surface area (Å²) >= 11 is 6.01. The number of piperazine rings is 1. The fourth-order valence-corrected chi connectivity index (χ4v) is 4.83. The van der Waals surface area contributed by atoms with Crippen LogP contribution in [0.3, 0.4) is 0 Å². The lowest BCUT2D eigenvalue weighted by atomic mass is 9.98. The number of amides is 4. The molecule has 1 aromatic heterocycles. The molecule has 1 N–H and O–H groups in total. The van der Waals surface area contributed by atoms with E-state index in [2.05, 4.69) is 10.3 Å². The van der Waals surface area contributed by atoms with Gasteiger partial charge >= 0.3 is 12.2 Å². The molecule has 32 heavy (non-hydrogen) atoms. The molecule has 4 rings (SSSR count). The van der Waals surface area contributed by atoms with Gasteiger partial charge in [-0.05, 0) is 18.9 Å². The van der Waals surface area contributed by atoms with Gasteiger partial charge < -0.3 is 15.1 Å². The van der Waals surface area contributed by atoms with E-state index in [1.165, 1.54) is 0 Å². The summed E-state index contributed by atoms with van der Waals surface area (Å²) in [5.41, 5.74) is -1.71. The zero-order valence-electron chi connectivity index (χ0n) is 17.3. The van der Waals surface area contributed by atoms with E-state index >= 15 is 0 Å². The molecule has 0 atom stereocenters. The topological polar surface area (TPSA) is 85.8 Å². The highest BCUT2D eigenvalue weighted by atomic mass is 35.5. The molecule has 0 bridgehead atoms. The van der Waals surface area contributed by atoms with Crippen molar-refractivity contribution in [2.75, 3.05) is 37.6 Å². The maximum Gasteiger partial charge on any atom is 0.417 e. The summed E-state index contributed by atoms with van der Waals surface area (Å²) in [5.74, 6) is -0.197. The first-order valence-electron chi connectivity index (χ1n) is 10.5. The summed E-state index contributed by atoms with van der Waals surface area (Å²) in [4.78, 5) is 45.8. The van der Waals surface area contributed by atoms with Crippen LogP contribution in [0, 0.1) is 0 Å². The smallest absolute Gasteiger partial charge is 0.352 e. The number of hydrogen-bond acceptors (Lipinski definition) is 5. The average molecular weight is 474 g/mol. The molecule has 4 amide bonds. The largest absolute Gasteiger partial charge is 0.417 e. The second kappa shape index (κ2) is 8.42. The van der Waals surface area contributed by atoms with Crippen LogP contribution >= 0.6 is 11.6 Å². The molecular weight excluding hydrogens is 451 g/mol. The van der Waals surface area contributed by atoms with Gasteiger partial charge in [0.2, 0.25) is 5.91 Å². The van der Waals surface area contributed by atoms with E-state index in [9.17, 15) is 27.6 Å². The zero-order chi connectivity index (χ0) is 23.1. The summed E-state index contributed by atoms with van der Waals surface area (Å²) in [5, 5.41) is 2.69. The van der Waals surface area contributed by atoms with E-state index in [-0.39, 0.29) is 35.6 Å². The second-order valence-corrected chi connectivity index (χ2v) is 8.73. The van der Waals surface area contributed by atoms with Crippen molar-refractivity contribution in [3.05, 3.63) is 22.8 Å². The highest BCUT2D eigenvalue weighted by Gasteiger charge is 2.52. The minimum Gasteiger partial charge on any atom is -0.352 e. The Hall–Kier alpha value is -2.56. The third-order valence-corrected chi connectivity index (χ3v) is 6.61. The van der Waals surface area contributed by atoms with Crippen molar-refractivity contribution in [3.8, 4) is 0 Å². The minimum atomic E-state index is -4.52. The number of rotatable bonds is 4. The van der Waals surface area contributed by atoms with Gasteiger partial charge in [0, 0.05) is 45.3 Å². The van der Waals surface area contributed by atoms with Gasteiger partial charge in [-0.3, -0.25) is 14.5 Å². The Labute approximate surface area is 187 Å². The molecule has 0 radical (unpaired) electrons. The molecule has 12 heteroatoms. The first kappa shape index (κ1) is 22.6. The Morgan fingerprint density at radius 1 is 1.16 bits per heavy atom. The van der Waals surface area contributed by atoms with E-state index < -0.39 is 23.3 Å². The van der Waals surface area contributed by atoms with E-state index in [0.717, 1.165) is 30.0 Å². The normalized spacial score (nSPS) is 20.9. The SMILES string of the molecule is O=C(CCN1C(=O)NC2(CCCC2)C1=O)N1CCN(c2ncc(C(F)(F)F)cc2Cl)CC1. The molecule has 2 aliphatic heterocycles. The molecule has 1 aliphatic carbocycles. The molecule has 3 heterocycles. The predicted molar refractivity (Wildman–Crippen MR) is 109 cm³/mol. The Kier molecular flexibility index (Phi) is 5.95. The van der Waals surface area contributed by atoms with Crippen LogP contribution in [-0.4, -0.2) is 70.9 Å². The molecule has 1 spiro atoms. The molecule has 2 saturated heterocycles. The number of pyridine rings is 1. The maximum atomic E-state index is 12.8. The fourth-order valence-electron chi connectivity index (χ4n) is 4.55. The molecule has 8 nitrogen and oxygen atoms in total. The van der Waals surface area contributed by atoms with Gasteiger partial charge in [-0.1, -0.05) is 24.4 Å². The number of anilines is 1. The number of alkyl halides is 3. The first-order chi connectivity index (χ1) is 15.1. The Balaban J connectivity index is 1.30.